The number of aliphatic carboxylic acids is 1. The van der Waals surface area contributed by atoms with Crippen LogP contribution in [-0.4, -0.2) is 40.8 Å². The number of carboxylic acids is 1. The first-order chi connectivity index (χ1) is 7.13. The molecule has 0 aliphatic heterocycles. The van der Waals surface area contributed by atoms with Crippen LogP contribution in [0.25, 0.3) is 0 Å². The molecule has 1 atom stereocenters. The molecular weight excluding hydrogens is 266 g/mol. The number of aromatic nitrogens is 2. The van der Waals surface area contributed by atoms with Crippen LogP contribution in [0.3, 0.4) is 0 Å². The Kier molecular flexibility index (Phi) is 4.44. The number of nitrogens with zero attached hydrogens (tertiary/aromatic N) is 2. The van der Waals surface area contributed by atoms with Crippen molar-refractivity contribution >= 4 is 27.8 Å². The topological polar surface area (TPSA) is 84.3 Å². The summed E-state index contributed by atoms with van der Waals surface area (Å²) in [6, 6.07) is -0.851. The van der Waals surface area contributed by atoms with Gasteiger partial charge in [-0.25, -0.2) is 14.8 Å². The number of carbonyl (C=O) groups is 1. The van der Waals surface area contributed by atoms with Gasteiger partial charge in [-0.05, 0) is 15.9 Å². The highest BCUT2D eigenvalue weighted by molar-refractivity contribution is 9.10. The summed E-state index contributed by atoms with van der Waals surface area (Å²) >= 11 is 3.18. The first-order valence-corrected chi connectivity index (χ1v) is 4.88. The SMILES string of the molecule is COCC(Nc1ncc(Br)cn1)C(=O)O. The van der Waals surface area contributed by atoms with Gasteiger partial charge in [0.2, 0.25) is 5.95 Å². The van der Waals surface area contributed by atoms with E-state index in [9.17, 15) is 4.79 Å². The predicted octanol–water partition coefficient (Wildman–Crippen LogP) is 0.751. The average molecular weight is 276 g/mol. The molecule has 7 heteroatoms. The normalized spacial score (nSPS) is 12.1. The second kappa shape index (κ2) is 5.62. The molecule has 0 radical (unpaired) electrons. The van der Waals surface area contributed by atoms with Crippen molar-refractivity contribution in [2.24, 2.45) is 0 Å². The van der Waals surface area contributed by atoms with Crippen LogP contribution in [0.1, 0.15) is 0 Å². The molecule has 1 aromatic heterocycles. The lowest BCUT2D eigenvalue weighted by atomic mass is 10.3. The maximum atomic E-state index is 10.8. The highest BCUT2D eigenvalue weighted by atomic mass is 79.9. The number of carboxylic acid groups (broad SMARTS) is 1. The molecule has 0 amide bonds. The molecule has 15 heavy (non-hydrogen) atoms. The third-order valence-corrected chi connectivity index (χ3v) is 1.96. The first kappa shape index (κ1) is 11.9. The van der Waals surface area contributed by atoms with Gasteiger partial charge in [0.25, 0.3) is 0 Å². The van der Waals surface area contributed by atoms with E-state index >= 15 is 0 Å². The molecular formula is C8H10BrN3O3. The summed E-state index contributed by atoms with van der Waals surface area (Å²) < 4.78 is 5.48. The lowest BCUT2D eigenvalue weighted by molar-refractivity contribution is -0.139. The van der Waals surface area contributed by atoms with Crippen LogP contribution in [0.5, 0.6) is 0 Å². The van der Waals surface area contributed by atoms with Gasteiger partial charge < -0.3 is 15.2 Å². The number of nitrogens with one attached hydrogen (secondary N) is 1. The van der Waals surface area contributed by atoms with Crippen molar-refractivity contribution in [1.29, 1.82) is 0 Å². The Bertz CT molecular complexity index is 330. The fourth-order valence-electron chi connectivity index (χ4n) is 0.884. The fraction of sp³-hybridized carbons (Fsp3) is 0.375. The minimum atomic E-state index is -1.01. The van der Waals surface area contributed by atoms with Gasteiger partial charge in [-0.1, -0.05) is 0 Å². The van der Waals surface area contributed by atoms with Gasteiger partial charge in [0.05, 0.1) is 11.1 Å². The van der Waals surface area contributed by atoms with Crippen LogP contribution in [0, 0.1) is 0 Å². The lowest BCUT2D eigenvalue weighted by Gasteiger charge is -2.12. The molecule has 0 aliphatic rings. The fourth-order valence-corrected chi connectivity index (χ4v) is 1.09. The third-order valence-electron chi connectivity index (χ3n) is 1.56. The number of rotatable bonds is 5. The maximum absolute atomic E-state index is 10.8. The van der Waals surface area contributed by atoms with Crippen molar-refractivity contribution < 1.29 is 14.6 Å². The standard InChI is InChI=1S/C8H10BrN3O3/c1-15-4-6(7(13)14)12-8-10-2-5(9)3-11-8/h2-3,6H,4H2,1H3,(H,13,14)(H,10,11,12). The van der Waals surface area contributed by atoms with Gasteiger partial charge in [0.1, 0.15) is 0 Å². The average Bonchev–Trinajstić information content (AvgIpc) is 2.20. The Labute approximate surface area is 94.8 Å². The van der Waals surface area contributed by atoms with E-state index in [2.05, 4.69) is 31.2 Å². The van der Waals surface area contributed by atoms with Gasteiger partial charge in [0, 0.05) is 19.5 Å². The van der Waals surface area contributed by atoms with E-state index in [1.54, 1.807) is 0 Å². The molecule has 0 bridgehead atoms. The molecule has 0 aliphatic carbocycles. The molecule has 6 nitrogen and oxygen atoms in total. The number of halogens is 1. The van der Waals surface area contributed by atoms with Gasteiger partial charge in [-0.3, -0.25) is 0 Å². The molecule has 0 aromatic carbocycles. The van der Waals surface area contributed by atoms with Crippen molar-refractivity contribution in [3.8, 4) is 0 Å². The summed E-state index contributed by atoms with van der Waals surface area (Å²) in [5.74, 6) is -0.758. The zero-order valence-electron chi connectivity index (χ0n) is 7.98. The second-order valence-corrected chi connectivity index (χ2v) is 3.63. The summed E-state index contributed by atoms with van der Waals surface area (Å²) in [4.78, 5) is 18.5. The molecule has 1 rings (SSSR count). The summed E-state index contributed by atoms with van der Waals surface area (Å²) in [6.07, 6.45) is 3.06. The van der Waals surface area contributed by atoms with Crippen LogP contribution < -0.4 is 5.32 Å². The Morgan fingerprint density at radius 2 is 2.27 bits per heavy atom. The highest BCUT2D eigenvalue weighted by Gasteiger charge is 2.17. The van der Waals surface area contributed by atoms with Crippen LogP contribution >= 0.6 is 15.9 Å². The Morgan fingerprint density at radius 3 is 2.73 bits per heavy atom. The van der Waals surface area contributed by atoms with Crippen molar-refractivity contribution in [2.45, 2.75) is 6.04 Å². The monoisotopic (exact) mass is 275 g/mol. The zero-order chi connectivity index (χ0) is 11.3. The Balaban J connectivity index is 2.65. The summed E-state index contributed by atoms with van der Waals surface area (Å²) in [5.41, 5.74) is 0. The Hall–Kier alpha value is -1.21. The lowest BCUT2D eigenvalue weighted by Crippen LogP contribution is -2.34. The van der Waals surface area contributed by atoms with E-state index in [1.807, 2.05) is 0 Å². The number of ether oxygens (including phenoxy) is 1. The Morgan fingerprint density at radius 1 is 1.67 bits per heavy atom. The quantitative estimate of drug-likeness (QED) is 0.825. The third kappa shape index (κ3) is 3.80. The van der Waals surface area contributed by atoms with Crippen LogP contribution in [-0.2, 0) is 9.53 Å². The first-order valence-electron chi connectivity index (χ1n) is 4.09. The van der Waals surface area contributed by atoms with Crippen LogP contribution in [0.4, 0.5) is 5.95 Å². The van der Waals surface area contributed by atoms with Gasteiger partial charge in [-0.2, -0.15) is 0 Å². The van der Waals surface area contributed by atoms with Gasteiger partial charge in [0.15, 0.2) is 6.04 Å². The van der Waals surface area contributed by atoms with Gasteiger partial charge in [-0.15, -0.1) is 0 Å². The molecule has 0 saturated heterocycles. The molecule has 2 N–H and O–H groups in total. The molecule has 1 unspecified atom stereocenters. The molecule has 1 heterocycles. The summed E-state index contributed by atoms with van der Waals surface area (Å²) in [5, 5.41) is 11.5. The largest absolute Gasteiger partial charge is 0.480 e. The van der Waals surface area contributed by atoms with E-state index in [0.717, 1.165) is 4.47 Å². The molecule has 1 aromatic rings. The minimum Gasteiger partial charge on any atom is -0.480 e. The van der Waals surface area contributed by atoms with E-state index in [4.69, 9.17) is 9.84 Å². The van der Waals surface area contributed by atoms with E-state index in [0.29, 0.717) is 0 Å². The maximum Gasteiger partial charge on any atom is 0.328 e. The molecule has 0 fully saturated rings. The summed E-state index contributed by atoms with van der Waals surface area (Å²) in [7, 11) is 1.43. The van der Waals surface area contributed by atoms with Crippen molar-refractivity contribution in [2.75, 3.05) is 19.0 Å². The van der Waals surface area contributed by atoms with E-state index in [-0.39, 0.29) is 12.6 Å². The van der Waals surface area contributed by atoms with Gasteiger partial charge >= 0.3 is 5.97 Å². The minimum absolute atomic E-state index is 0.0504. The molecule has 0 spiro atoms. The number of hydrogen-bond donors (Lipinski definition) is 2. The number of hydrogen-bond acceptors (Lipinski definition) is 5. The predicted molar refractivity (Wildman–Crippen MR) is 56.7 cm³/mol. The molecule has 82 valence electrons. The van der Waals surface area contributed by atoms with E-state index < -0.39 is 12.0 Å². The number of anilines is 1. The number of methoxy groups -OCH3 is 1. The highest BCUT2D eigenvalue weighted by Crippen LogP contribution is 2.07. The summed E-state index contributed by atoms with van der Waals surface area (Å²) in [6.45, 7) is 0.0504. The van der Waals surface area contributed by atoms with Crippen LogP contribution in [0.2, 0.25) is 0 Å². The van der Waals surface area contributed by atoms with Crippen molar-refractivity contribution in [3.05, 3.63) is 16.9 Å². The van der Waals surface area contributed by atoms with Crippen molar-refractivity contribution in [3.63, 3.8) is 0 Å². The second-order valence-electron chi connectivity index (χ2n) is 2.72. The van der Waals surface area contributed by atoms with Crippen molar-refractivity contribution in [1.82, 2.24) is 9.97 Å². The van der Waals surface area contributed by atoms with Crippen LogP contribution in [0.15, 0.2) is 16.9 Å². The molecule has 0 saturated carbocycles. The van der Waals surface area contributed by atoms with E-state index in [1.165, 1.54) is 19.5 Å². The smallest absolute Gasteiger partial charge is 0.328 e. The zero-order valence-corrected chi connectivity index (χ0v) is 9.56.